The van der Waals surface area contributed by atoms with Gasteiger partial charge in [-0.3, -0.25) is 19.3 Å². The lowest BCUT2D eigenvalue weighted by atomic mass is 10.2. The molecular weight excluding hydrogens is 564 g/mol. The topological polar surface area (TPSA) is 130 Å². The zero-order valence-electron chi connectivity index (χ0n) is 25.0. The number of benzene rings is 1. The number of hydrogen-bond acceptors (Lipinski definition) is 9. The van der Waals surface area contributed by atoms with E-state index in [0.29, 0.717) is 50.7 Å². The molecule has 1 N–H and O–H groups in total. The van der Waals surface area contributed by atoms with E-state index < -0.39 is 0 Å². The quantitative estimate of drug-likeness (QED) is 0.215. The molecule has 5 rings (SSSR count). The monoisotopic (exact) mass is 602 g/mol. The highest BCUT2D eigenvalue weighted by molar-refractivity contribution is 5.76. The molecule has 0 bridgehead atoms. The van der Waals surface area contributed by atoms with Crippen LogP contribution < -0.4 is 19.5 Å². The molecule has 1 aromatic carbocycles. The molecule has 2 amide bonds. The van der Waals surface area contributed by atoms with Crippen LogP contribution in [-0.2, 0) is 27.3 Å². The fraction of sp³-hybridized carbons (Fsp3) is 0.344. The van der Waals surface area contributed by atoms with Gasteiger partial charge in [-0.15, -0.1) is 0 Å². The fourth-order valence-electron chi connectivity index (χ4n) is 4.27. The van der Waals surface area contributed by atoms with Crippen molar-refractivity contribution in [1.29, 1.82) is 0 Å². The Bertz CT molecular complexity index is 1430. The lowest BCUT2D eigenvalue weighted by Crippen LogP contribution is -2.38. The van der Waals surface area contributed by atoms with Crippen LogP contribution in [0, 0.1) is 6.92 Å². The van der Waals surface area contributed by atoms with Gasteiger partial charge in [0.05, 0.1) is 38.8 Å². The second-order valence-corrected chi connectivity index (χ2v) is 9.94. The minimum atomic E-state index is -0.0841. The molecule has 1 unspecified atom stereocenters. The zero-order chi connectivity index (χ0) is 31.0. The molecule has 0 radical (unpaired) electrons. The number of nitrogens with one attached hydrogen (secondary N) is 1. The van der Waals surface area contributed by atoms with Gasteiger partial charge in [0.2, 0.25) is 18.2 Å². The second kappa shape index (κ2) is 17.2. The summed E-state index contributed by atoms with van der Waals surface area (Å²) in [6.07, 6.45) is 8.87. The van der Waals surface area contributed by atoms with Crippen LogP contribution in [0.5, 0.6) is 17.4 Å². The summed E-state index contributed by atoms with van der Waals surface area (Å²) in [6, 6.07) is 17.1. The van der Waals surface area contributed by atoms with Gasteiger partial charge in [-0.25, -0.2) is 4.98 Å². The molecule has 0 spiro atoms. The van der Waals surface area contributed by atoms with Crippen LogP contribution >= 0.6 is 0 Å². The van der Waals surface area contributed by atoms with Crippen molar-refractivity contribution in [2.45, 2.75) is 32.4 Å². The van der Waals surface area contributed by atoms with E-state index in [1.165, 1.54) is 10.9 Å². The van der Waals surface area contributed by atoms with E-state index in [1.807, 2.05) is 55.5 Å². The first-order valence-electron chi connectivity index (χ1n) is 14.4. The van der Waals surface area contributed by atoms with E-state index >= 15 is 0 Å². The van der Waals surface area contributed by atoms with Crippen LogP contribution in [0.25, 0.3) is 0 Å². The summed E-state index contributed by atoms with van der Waals surface area (Å²) in [5.41, 5.74) is 2.63. The van der Waals surface area contributed by atoms with Crippen molar-refractivity contribution in [3.8, 4) is 17.4 Å². The average Bonchev–Trinajstić information content (AvgIpc) is 3.73. The molecule has 12 heteroatoms. The first kappa shape index (κ1) is 32.0. The molecule has 4 heterocycles. The Balaban J connectivity index is 0.000000262. The number of pyridine rings is 2. The molecule has 44 heavy (non-hydrogen) atoms. The number of anilines is 1. The molecule has 12 nitrogen and oxygen atoms in total. The molecule has 0 saturated carbocycles. The molecule has 1 fully saturated rings. The maximum atomic E-state index is 12.9. The van der Waals surface area contributed by atoms with Crippen molar-refractivity contribution in [1.82, 2.24) is 24.6 Å². The van der Waals surface area contributed by atoms with E-state index in [1.54, 1.807) is 36.7 Å². The van der Waals surface area contributed by atoms with Crippen molar-refractivity contribution in [2.75, 3.05) is 45.3 Å². The standard InChI is InChI=1S/C22H25N5O3.C10H13NO3/c1-18-5-7-21(8-6-18)30-13-12-26(11-9-19-4-2-3-10-23-19)22(29)16-27-15-20(14-25-27)24-17-28;1-12-10-6-8(2-4-11-10)14-9-3-5-13-7-9/h2-8,10,14-15,17H,9,11-13,16H2,1H3,(H,24,28);2,4,6,9H,3,5,7H2,1H3. The lowest BCUT2D eigenvalue weighted by molar-refractivity contribution is -0.132. The first-order chi connectivity index (χ1) is 21.5. The maximum Gasteiger partial charge on any atom is 0.244 e. The van der Waals surface area contributed by atoms with Crippen molar-refractivity contribution < 1.29 is 28.5 Å². The number of carbonyl (C=O) groups is 2. The average molecular weight is 603 g/mol. The Morgan fingerprint density at radius 1 is 1.11 bits per heavy atom. The maximum absolute atomic E-state index is 12.9. The van der Waals surface area contributed by atoms with Crippen LogP contribution in [0.15, 0.2) is 79.4 Å². The number of aromatic nitrogens is 4. The Labute approximate surface area is 256 Å². The van der Waals surface area contributed by atoms with Crippen molar-refractivity contribution in [3.63, 3.8) is 0 Å². The third-order valence-corrected chi connectivity index (χ3v) is 6.63. The number of nitrogens with zero attached hydrogens (tertiary/aromatic N) is 5. The van der Waals surface area contributed by atoms with Gasteiger partial charge in [-0.1, -0.05) is 23.8 Å². The molecule has 1 saturated heterocycles. The van der Waals surface area contributed by atoms with Crippen LogP contribution in [0.1, 0.15) is 17.7 Å². The smallest absolute Gasteiger partial charge is 0.244 e. The van der Waals surface area contributed by atoms with Crippen LogP contribution in [0.3, 0.4) is 0 Å². The fourth-order valence-corrected chi connectivity index (χ4v) is 4.27. The predicted octanol–water partition coefficient (Wildman–Crippen LogP) is 3.56. The Hall–Kier alpha value is -4.97. The summed E-state index contributed by atoms with van der Waals surface area (Å²) in [7, 11) is 1.59. The Kier molecular flexibility index (Phi) is 12.5. The summed E-state index contributed by atoms with van der Waals surface area (Å²) >= 11 is 0. The predicted molar refractivity (Wildman–Crippen MR) is 164 cm³/mol. The van der Waals surface area contributed by atoms with Gasteiger partial charge in [0.15, 0.2) is 0 Å². The van der Waals surface area contributed by atoms with E-state index in [9.17, 15) is 9.59 Å². The van der Waals surface area contributed by atoms with Gasteiger partial charge in [0.1, 0.15) is 30.8 Å². The summed E-state index contributed by atoms with van der Waals surface area (Å²) in [6.45, 7) is 4.90. The summed E-state index contributed by atoms with van der Waals surface area (Å²) in [5, 5.41) is 6.63. The van der Waals surface area contributed by atoms with Gasteiger partial charge in [0, 0.05) is 49.7 Å². The van der Waals surface area contributed by atoms with E-state index in [-0.39, 0.29) is 18.6 Å². The normalized spacial score (nSPS) is 13.7. The second-order valence-electron chi connectivity index (χ2n) is 9.94. The van der Waals surface area contributed by atoms with Gasteiger partial charge >= 0.3 is 0 Å². The van der Waals surface area contributed by atoms with Gasteiger partial charge < -0.3 is 29.2 Å². The molecular formula is C32H38N6O6. The first-order valence-corrected chi connectivity index (χ1v) is 14.4. The number of aryl methyl sites for hydroxylation is 1. The van der Waals surface area contributed by atoms with Gasteiger partial charge in [-0.2, -0.15) is 5.10 Å². The molecule has 1 aliphatic rings. The van der Waals surface area contributed by atoms with Crippen molar-refractivity contribution in [2.24, 2.45) is 0 Å². The zero-order valence-corrected chi connectivity index (χ0v) is 25.0. The summed E-state index contributed by atoms with van der Waals surface area (Å²) in [5.74, 6) is 2.04. The van der Waals surface area contributed by atoms with E-state index in [0.717, 1.165) is 35.8 Å². The number of ether oxygens (including phenoxy) is 4. The number of amides is 2. The van der Waals surface area contributed by atoms with Crippen molar-refractivity contribution >= 4 is 18.0 Å². The summed E-state index contributed by atoms with van der Waals surface area (Å²) < 4.78 is 23.2. The number of rotatable bonds is 14. The summed E-state index contributed by atoms with van der Waals surface area (Å²) in [4.78, 5) is 33.5. The van der Waals surface area contributed by atoms with E-state index in [2.05, 4.69) is 20.4 Å². The highest BCUT2D eigenvalue weighted by Crippen LogP contribution is 2.20. The molecule has 1 atom stereocenters. The highest BCUT2D eigenvalue weighted by Gasteiger charge is 2.17. The minimum Gasteiger partial charge on any atom is -0.492 e. The molecule has 3 aromatic heterocycles. The van der Waals surface area contributed by atoms with Gasteiger partial charge in [-0.05, 0) is 37.3 Å². The van der Waals surface area contributed by atoms with Crippen molar-refractivity contribution in [3.05, 3.63) is 90.6 Å². The Morgan fingerprint density at radius 2 is 1.98 bits per heavy atom. The Morgan fingerprint density at radius 3 is 2.70 bits per heavy atom. The SMILES string of the molecule is COc1cc(OC2CCOC2)ccn1.Cc1ccc(OCCN(CCc2ccccn2)C(=O)Cn2cc(NC=O)cn2)cc1. The largest absolute Gasteiger partial charge is 0.492 e. The van der Waals surface area contributed by atoms with E-state index in [4.69, 9.17) is 18.9 Å². The van der Waals surface area contributed by atoms with Crippen LogP contribution in [0.4, 0.5) is 5.69 Å². The van der Waals surface area contributed by atoms with Crippen LogP contribution in [0.2, 0.25) is 0 Å². The number of hydrogen-bond donors (Lipinski definition) is 1. The third-order valence-electron chi connectivity index (χ3n) is 6.63. The lowest BCUT2D eigenvalue weighted by Gasteiger charge is -2.23. The molecule has 232 valence electrons. The number of carbonyl (C=O) groups excluding carboxylic acids is 2. The number of methoxy groups -OCH3 is 1. The molecule has 1 aliphatic heterocycles. The molecule has 0 aliphatic carbocycles. The van der Waals surface area contributed by atoms with Crippen LogP contribution in [-0.4, -0.2) is 83.1 Å². The molecule has 4 aromatic rings. The minimum absolute atomic E-state index is 0.0767. The van der Waals surface area contributed by atoms with Gasteiger partial charge in [0.25, 0.3) is 0 Å². The third kappa shape index (κ3) is 10.7. The highest BCUT2D eigenvalue weighted by atomic mass is 16.5.